The van der Waals surface area contributed by atoms with E-state index in [1.54, 1.807) is 18.2 Å². The fraction of sp³-hybridized carbons (Fsp3) is 0.417. The van der Waals surface area contributed by atoms with Gasteiger partial charge < -0.3 is 5.32 Å². The van der Waals surface area contributed by atoms with Gasteiger partial charge in [0.15, 0.2) is 0 Å². The molecule has 0 atom stereocenters. The summed E-state index contributed by atoms with van der Waals surface area (Å²) in [7, 11) is 0. The van der Waals surface area contributed by atoms with Crippen molar-refractivity contribution in [3.05, 3.63) is 33.8 Å². The van der Waals surface area contributed by atoms with Gasteiger partial charge in [-0.2, -0.15) is 0 Å². The van der Waals surface area contributed by atoms with Gasteiger partial charge in [-0.05, 0) is 38.5 Å². The van der Waals surface area contributed by atoms with E-state index in [1.807, 2.05) is 13.8 Å². The third-order valence-corrected chi connectivity index (χ3v) is 2.92. The Morgan fingerprint density at radius 2 is 1.76 bits per heavy atom. The van der Waals surface area contributed by atoms with Crippen molar-refractivity contribution in [2.24, 2.45) is 0 Å². The minimum absolute atomic E-state index is 0.204. The zero-order valence-corrected chi connectivity index (χ0v) is 12.0. The van der Waals surface area contributed by atoms with Gasteiger partial charge in [-0.3, -0.25) is 4.79 Å². The van der Waals surface area contributed by atoms with E-state index in [9.17, 15) is 4.79 Å². The van der Waals surface area contributed by atoms with Crippen LogP contribution in [0.2, 0.25) is 10.0 Å². The van der Waals surface area contributed by atoms with Crippen LogP contribution in [-0.2, 0) is 0 Å². The summed E-state index contributed by atoms with van der Waals surface area (Å²) in [4.78, 5) is 12.0. The minimum Gasteiger partial charge on any atom is -0.347 e. The Balaban J connectivity index is 2.83. The van der Waals surface area contributed by atoms with Gasteiger partial charge in [0.05, 0.1) is 0 Å². The summed E-state index contributed by atoms with van der Waals surface area (Å²) in [6.45, 7) is 3.83. The third-order valence-electron chi connectivity index (χ3n) is 2.30. The van der Waals surface area contributed by atoms with Crippen LogP contribution in [0.25, 0.3) is 0 Å². The third kappa shape index (κ3) is 4.74. The molecule has 0 aliphatic rings. The molecule has 1 rings (SSSR count). The van der Waals surface area contributed by atoms with Crippen LogP contribution in [0.15, 0.2) is 18.2 Å². The summed E-state index contributed by atoms with van der Waals surface area (Å²) in [5, 5.41) is 3.77. The largest absolute Gasteiger partial charge is 0.347 e. The van der Waals surface area contributed by atoms with E-state index in [-0.39, 0.29) is 11.4 Å². The fourth-order valence-corrected chi connectivity index (χ4v) is 2.36. The maximum Gasteiger partial charge on any atom is 0.251 e. The summed E-state index contributed by atoms with van der Waals surface area (Å²) >= 11 is 17.4. The number of carbonyl (C=O) groups is 1. The Hall–Kier alpha value is -0.440. The summed E-state index contributed by atoms with van der Waals surface area (Å²) in [5.41, 5.74) is 0.0957. The van der Waals surface area contributed by atoms with Crippen LogP contribution in [0.5, 0.6) is 0 Å². The van der Waals surface area contributed by atoms with E-state index in [1.165, 1.54) is 0 Å². The second-order valence-corrected chi connectivity index (χ2v) is 5.69. The molecule has 5 heteroatoms. The van der Waals surface area contributed by atoms with Crippen LogP contribution in [0.3, 0.4) is 0 Å². The first-order valence-corrected chi connectivity index (χ1v) is 6.48. The standard InChI is InChI=1S/C12H14Cl3NO/c1-12(2,3-4-13)16-11(17)8-5-9(14)7-10(15)6-8/h5-7H,3-4H2,1-2H3,(H,16,17). The molecule has 94 valence electrons. The van der Waals surface area contributed by atoms with Gasteiger partial charge in [-0.25, -0.2) is 0 Å². The molecule has 0 spiro atoms. The number of carbonyl (C=O) groups excluding carboxylic acids is 1. The lowest BCUT2D eigenvalue weighted by Crippen LogP contribution is -2.43. The second-order valence-electron chi connectivity index (χ2n) is 4.44. The lowest BCUT2D eigenvalue weighted by atomic mass is 10.0. The van der Waals surface area contributed by atoms with Crippen molar-refractivity contribution < 1.29 is 4.79 Å². The van der Waals surface area contributed by atoms with Crippen molar-refractivity contribution in [3.63, 3.8) is 0 Å². The highest BCUT2D eigenvalue weighted by atomic mass is 35.5. The minimum atomic E-state index is -0.354. The molecule has 0 saturated heterocycles. The molecule has 0 unspecified atom stereocenters. The van der Waals surface area contributed by atoms with E-state index < -0.39 is 0 Å². The number of amides is 1. The van der Waals surface area contributed by atoms with Gasteiger partial charge >= 0.3 is 0 Å². The number of alkyl halides is 1. The van der Waals surface area contributed by atoms with Gasteiger partial charge in [0.2, 0.25) is 0 Å². The highest BCUT2D eigenvalue weighted by Crippen LogP contribution is 2.20. The molecule has 1 aromatic rings. The van der Waals surface area contributed by atoms with Crippen molar-refractivity contribution in [1.82, 2.24) is 5.32 Å². The van der Waals surface area contributed by atoms with Gasteiger partial charge in [0.25, 0.3) is 5.91 Å². The molecule has 0 bridgehead atoms. The lowest BCUT2D eigenvalue weighted by Gasteiger charge is -2.25. The van der Waals surface area contributed by atoms with Crippen molar-refractivity contribution in [2.45, 2.75) is 25.8 Å². The molecular weight excluding hydrogens is 280 g/mol. The summed E-state index contributed by atoms with van der Waals surface area (Å²) in [6.07, 6.45) is 0.689. The van der Waals surface area contributed by atoms with E-state index in [2.05, 4.69) is 5.32 Å². The van der Waals surface area contributed by atoms with E-state index >= 15 is 0 Å². The molecular formula is C12H14Cl3NO. The first-order chi connectivity index (χ1) is 7.84. The summed E-state index contributed by atoms with van der Waals surface area (Å²) < 4.78 is 0. The Kier molecular flexibility index (Phi) is 5.11. The Morgan fingerprint density at radius 1 is 1.24 bits per heavy atom. The SMILES string of the molecule is CC(C)(CCCl)NC(=O)c1cc(Cl)cc(Cl)c1. The quantitative estimate of drug-likeness (QED) is 0.831. The highest BCUT2D eigenvalue weighted by molar-refractivity contribution is 6.35. The molecule has 2 nitrogen and oxygen atoms in total. The molecule has 0 aromatic heterocycles. The van der Waals surface area contributed by atoms with E-state index in [0.29, 0.717) is 27.9 Å². The number of benzene rings is 1. The van der Waals surface area contributed by atoms with E-state index in [4.69, 9.17) is 34.8 Å². The monoisotopic (exact) mass is 293 g/mol. The van der Waals surface area contributed by atoms with Gasteiger partial charge in [0, 0.05) is 27.0 Å². The number of hydrogen-bond acceptors (Lipinski definition) is 1. The Labute approximate surface area is 116 Å². The number of halogens is 3. The predicted molar refractivity (Wildman–Crippen MR) is 73.3 cm³/mol. The van der Waals surface area contributed by atoms with Crippen LogP contribution < -0.4 is 5.32 Å². The average molecular weight is 295 g/mol. The molecule has 0 radical (unpaired) electrons. The molecule has 0 saturated carbocycles. The summed E-state index contributed by atoms with van der Waals surface area (Å²) in [5.74, 6) is 0.286. The molecule has 1 amide bonds. The van der Waals surface area contributed by atoms with Gasteiger partial charge in [0.1, 0.15) is 0 Å². The molecule has 0 heterocycles. The zero-order chi connectivity index (χ0) is 13.1. The van der Waals surface area contributed by atoms with Gasteiger partial charge in [-0.1, -0.05) is 23.2 Å². The molecule has 1 aromatic carbocycles. The van der Waals surface area contributed by atoms with Crippen LogP contribution in [0.4, 0.5) is 0 Å². The topological polar surface area (TPSA) is 29.1 Å². The number of nitrogens with one attached hydrogen (secondary N) is 1. The number of hydrogen-bond donors (Lipinski definition) is 1. The maximum atomic E-state index is 12.0. The maximum absolute atomic E-state index is 12.0. The van der Waals surface area contributed by atoms with Crippen LogP contribution in [0, 0.1) is 0 Å². The normalized spacial score (nSPS) is 11.4. The van der Waals surface area contributed by atoms with E-state index in [0.717, 1.165) is 0 Å². The number of rotatable bonds is 4. The smallest absolute Gasteiger partial charge is 0.251 e. The van der Waals surface area contributed by atoms with Crippen molar-refractivity contribution in [2.75, 3.05) is 5.88 Å². The van der Waals surface area contributed by atoms with Crippen LogP contribution >= 0.6 is 34.8 Å². The van der Waals surface area contributed by atoms with Crippen LogP contribution in [-0.4, -0.2) is 17.3 Å². The molecule has 0 aliphatic carbocycles. The highest BCUT2D eigenvalue weighted by Gasteiger charge is 2.20. The van der Waals surface area contributed by atoms with Crippen molar-refractivity contribution in [1.29, 1.82) is 0 Å². The second kappa shape index (κ2) is 5.94. The molecule has 1 N–H and O–H groups in total. The fourth-order valence-electron chi connectivity index (χ4n) is 1.36. The Bertz CT molecular complexity index is 398. The van der Waals surface area contributed by atoms with Gasteiger partial charge in [-0.15, -0.1) is 11.6 Å². The Morgan fingerprint density at radius 3 is 2.24 bits per heavy atom. The average Bonchev–Trinajstić information content (AvgIpc) is 2.14. The lowest BCUT2D eigenvalue weighted by molar-refractivity contribution is 0.0911. The predicted octanol–water partition coefficient (Wildman–Crippen LogP) is 4.13. The zero-order valence-electron chi connectivity index (χ0n) is 9.69. The molecule has 0 fully saturated rings. The first kappa shape index (κ1) is 14.6. The molecule has 0 aliphatic heterocycles. The molecule has 17 heavy (non-hydrogen) atoms. The van der Waals surface area contributed by atoms with Crippen molar-refractivity contribution in [3.8, 4) is 0 Å². The van der Waals surface area contributed by atoms with Crippen LogP contribution in [0.1, 0.15) is 30.6 Å². The first-order valence-electron chi connectivity index (χ1n) is 5.18. The summed E-state index contributed by atoms with van der Waals surface area (Å²) in [6, 6.07) is 4.75. The van der Waals surface area contributed by atoms with Crippen molar-refractivity contribution >= 4 is 40.7 Å².